The zero-order chi connectivity index (χ0) is 20.7. The van der Waals surface area contributed by atoms with E-state index in [0.29, 0.717) is 6.61 Å². The molecule has 0 atom stereocenters. The highest BCUT2D eigenvalue weighted by atomic mass is 16.7. The lowest BCUT2D eigenvalue weighted by Gasteiger charge is -2.03. The predicted molar refractivity (Wildman–Crippen MR) is 114 cm³/mol. The average Bonchev–Trinajstić information content (AvgIpc) is 2.70. The zero-order valence-corrected chi connectivity index (χ0v) is 17.8. The van der Waals surface area contributed by atoms with E-state index in [2.05, 4.69) is 30.8 Å². The Morgan fingerprint density at radius 3 is 2.57 bits per heavy atom. The fraction of sp³-hybridized carbons (Fsp3) is 0.583. The average molecular weight is 389 g/mol. The highest BCUT2D eigenvalue weighted by molar-refractivity contribution is 6.02. The van der Waals surface area contributed by atoms with Crippen LogP contribution in [0, 0.1) is 12.0 Å². The molecule has 0 spiro atoms. The molecule has 4 heteroatoms. The largest absolute Gasteiger partial charge is 0.456 e. The normalized spacial score (nSPS) is 10.4. The van der Waals surface area contributed by atoms with Crippen molar-refractivity contribution < 1.29 is 19.0 Å². The lowest BCUT2D eigenvalue weighted by molar-refractivity contribution is -0.116. The molecule has 0 saturated heterocycles. The van der Waals surface area contributed by atoms with Gasteiger partial charge in [0.1, 0.15) is 6.11 Å². The molecule has 0 radical (unpaired) electrons. The Bertz CT molecular complexity index is 569. The van der Waals surface area contributed by atoms with Crippen LogP contribution in [0.25, 0.3) is 0 Å². The number of carbonyl (C=O) groups is 1. The molecule has 0 aromatic rings. The SMILES string of the molecule is CCCCCC/C=C/C=C/C(=O)C(=C=CCCCCC#COCC)OCOC. The standard InChI is InChI=1S/C24H36O4/c1-4-6-7-8-9-10-13-16-19-23(25)24(28-22-26-3)20-17-14-11-12-15-18-21-27-5-2/h10,13,16-17,19H,4-9,11-12,14-15,22H2,1-3H3/b13-10+,19-16+. The minimum atomic E-state index is -0.216. The molecule has 0 N–H and O–H groups in total. The summed E-state index contributed by atoms with van der Waals surface area (Å²) < 4.78 is 15.2. The van der Waals surface area contributed by atoms with Crippen molar-refractivity contribution in [3.05, 3.63) is 41.9 Å². The van der Waals surface area contributed by atoms with E-state index in [1.807, 2.05) is 19.1 Å². The van der Waals surface area contributed by atoms with Crippen LogP contribution in [0.2, 0.25) is 0 Å². The summed E-state index contributed by atoms with van der Waals surface area (Å²) in [5.74, 6) is 2.91. The lowest BCUT2D eigenvalue weighted by Crippen LogP contribution is -2.04. The van der Waals surface area contributed by atoms with E-state index in [9.17, 15) is 4.79 Å². The van der Waals surface area contributed by atoms with Crippen molar-refractivity contribution in [1.82, 2.24) is 0 Å². The lowest BCUT2D eigenvalue weighted by atomic mass is 10.1. The Labute approximate surface area is 171 Å². The Morgan fingerprint density at radius 1 is 1.00 bits per heavy atom. The van der Waals surface area contributed by atoms with Gasteiger partial charge in [0.15, 0.2) is 6.79 Å². The van der Waals surface area contributed by atoms with Gasteiger partial charge in [-0.05, 0) is 51.2 Å². The molecule has 4 nitrogen and oxygen atoms in total. The van der Waals surface area contributed by atoms with Crippen LogP contribution in [0.5, 0.6) is 0 Å². The minimum absolute atomic E-state index is 0.0238. The Hall–Kier alpha value is -2.21. The van der Waals surface area contributed by atoms with Crippen molar-refractivity contribution in [3.63, 3.8) is 0 Å². The Kier molecular flexibility index (Phi) is 19.4. The van der Waals surface area contributed by atoms with E-state index < -0.39 is 0 Å². The van der Waals surface area contributed by atoms with E-state index in [1.54, 1.807) is 6.08 Å². The number of allylic oxidation sites excluding steroid dienone is 4. The first-order valence-electron chi connectivity index (χ1n) is 10.3. The summed E-state index contributed by atoms with van der Waals surface area (Å²) >= 11 is 0. The summed E-state index contributed by atoms with van der Waals surface area (Å²) in [5.41, 5.74) is 2.94. The highest BCUT2D eigenvalue weighted by Crippen LogP contribution is 2.05. The molecule has 0 heterocycles. The summed E-state index contributed by atoms with van der Waals surface area (Å²) in [5, 5.41) is 0. The third-order valence-electron chi connectivity index (χ3n) is 3.69. The van der Waals surface area contributed by atoms with Gasteiger partial charge in [-0.3, -0.25) is 4.79 Å². The van der Waals surface area contributed by atoms with Gasteiger partial charge in [-0.25, -0.2) is 0 Å². The molecular formula is C24H36O4. The molecule has 0 rings (SSSR count). The highest BCUT2D eigenvalue weighted by Gasteiger charge is 2.05. The van der Waals surface area contributed by atoms with Crippen LogP contribution in [-0.2, 0) is 19.0 Å². The molecule has 0 bridgehead atoms. The Balaban J connectivity index is 4.39. The summed E-state index contributed by atoms with van der Waals surface area (Å²) in [4.78, 5) is 12.2. The number of ketones is 1. The van der Waals surface area contributed by atoms with Gasteiger partial charge < -0.3 is 14.2 Å². The first-order chi connectivity index (χ1) is 13.8. The van der Waals surface area contributed by atoms with Crippen LogP contribution in [0.15, 0.2) is 41.9 Å². The second-order valence-electron chi connectivity index (χ2n) is 6.19. The molecular weight excluding hydrogens is 352 g/mol. The van der Waals surface area contributed by atoms with Gasteiger partial charge in [-0.1, -0.05) is 56.1 Å². The molecule has 0 aromatic carbocycles. The van der Waals surface area contributed by atoms with Gasteiger partial charge in [0.25, 0.3) is 0 Å². The number of rotatable bonds is 16. The molecule has 28 heavy (non-hydrogen) atoms. The third-order valence-corrected chi connectivity index (χ3v) is 3.69. The number of hydrogen-bond acceptors (Lipinski definition) is 4. The number of hydrogen-bond donors (Lipinski definition) is 0. The van der Waals surface area contributed by atoms with Gasteiger partial charge in [0.05, 0.1) is 6.61 Å². The van der Waals surface area contributed by atoms with Crippen molar-refractivity contribution >= 4 is 5.78 Å². The summed E-state index contributed by atoms with van der Waals surface area (Å²) in [6, 6.07) is 0. The van der Waals surface area contributed by atoms with Crippen LogP contribution in [0.4, 0.5) is 0 Å². The maximum Gasteiger partial charge on any atom is 0.228 e. The molecule has 0 fully saturated rings. The van der Waals surface area contributed by atoms with Crippen molar-refractivity contribution in [3.8, 4) is 12.0 Å². The molecule has 0 aliphatic carbocycles. The van der Waals surface area contributed by atoms with E-state index in [1.165, 1.54) is 38.9 Å². The van der Waals surface area contributed by atoms with E-state index in [0.717, 1.165) is 32.1 Å². The van der Waals surface area contributed by atoms with E-state index in [4.69, 9.17) is 14.2 Å². The quantitative estimate of drug-likeness (QED) is 0.0632. The molecule has 0 amide bonds. The molecule has 0 unspecified atom stereocenters. The summed E-state index contributed by atoms with van der Waals surface area (Å²) in [6.07, 6.45) is 21.3. The molecule has 156 valence electrons. The number of methoxy groups -OCH3 is 1. The zero-order valence-electron chi connectivity index (χ0n) is 17.8. The first-order valence-corrected chi connectivity index (χ1v) is 10.3. The Morgan fingerprint density at radius 2 is 1.82 bits per heavy atom. The van der Waals surface area contributed by atoms with Crippen molar-refractivity contribution in [1.29, 1.82) is 0 Å². The van der Waals surface area contributed by atoms with Gasteiger partial charge in [-0.2, -0.15) is 0 Å². The van der Waals surface area contributed by atoms with Crippen LogP contribution in [0.3, 0.4) is 0 Å². The number of carbonyl (C=O) groups excluding carboxylic acids is 1. The number of ether oxygens (including phenoxy) is 3. The van der Waals surface area contributed by atoms with Gasteiger partial charge >= 0.3 is 0 Å². The van der Waals surface area contributed by atoms with Crippen molar-refractivity contribution in [2.24, 2.45) is 0 Å². The van der Waals surface area contributed by atoms with Crippen LogP contribution < -0.4 is 0 Å². The molecule has 0 aliphatic rings. The monoisotopic (exact) mass is 388 g/mol. The van der Waals surface area contributed by atoms with E-state index in [-0.39, 0.29) is 18.3 Å². The smallest absolute Gasteiger partial charge is 0.228 e. The predicted octanol–water partition coefficient (Wildman–Crippen LogP) is 5.86. The second-order valence-corrected chi connectivity index (χ2v) is 6.19. The van der Waals surface area contributed by atoms with Crippen LogP contribution >= 0.6 is 0 Å². The molecule has 0 saturated carbocycles. The number of unbranched alkanes of at least 4 members (excludes halogenated alkanes) is 7. The van der Waals surface area contributed by atoms with Gasteiger partial charge in [0, 0.05) is 13.5 Å². The maximum absolute atomic E-state index is 12.2. The molecule has 0 aliphatic heterocycles. The fourth-order valence-electron chi connectivity index (χ4n) is 2.18. The van der Waals surface area contributed by atoms with Gasteiger partial charge in [0.2, 0.25) is 11.5 Å². The third kappa shape index (κ3) is 17.2. The van der Waals surface area contributed by atoms with Gasteiger partial charge in [-0.15, -0.1) is 0 Å². The maximum atomic E-state index is 12.2. The minimum Gasteiger partial charge on any atom is -0.456 e. The molecule has 0 aromatic heterocycles. The van der Waals surface area contributed by atoms with Crippen molar-refractivity contribution in [2.45, 2.75) is 71.6 Å². The topological polar surface area (TPSA) is 44.8 Å². The summed E-state index contributed by atoms with van der Waals surface area (Å²) in [7, 11) is 1.52. The van der Waals surface area contributed by atoms with Crippen LogP contribution in [-0.4, -0.2) is 26.3 Å². The van der Waals surface area contributed by atoms with Crippen molar-refractivity contribution in [2.75, 3.05) is 20.5 Å². The fourth-order valence-corrected chi connectivity index (χ4v) is 2.18. The first kappa shape index (κ1) is 25.8. The van der Waals surface area contributed by atoms with Crippen LogP contribution in [0.1, 0.15) is 71.6 Å². The van der Waals surface area contributed by atoms with E-state index >= 15 is 0 Å². The second kappa shape index (κ2) is 21.1. The summed E-state index contributed by atoms with van der Waals surface area (Å²) in [6.45, 7) is 4.75.